The van der Waals surface area contributed by atoms with E-state index in [0.29, 0.717) is 11.4 Å². The van der Waals surface area contributed by atoms with Crippen LogP contribution < -0.4 is 10.2 Å². The average Bonchev–Trinajstić information content (AvgIpc) is 3.07. The summed E-state index contributed by atoms with van der Waals surface area (Å²) in [6.07, 6.45) is 6.27. The molecule has 0 radical (unpaired) electrons. The molecule has 6 heteroatoms. The molecule has 1 aliphatic heterocycles. The number of carbonyl (C=O) groups is 2. The van der Waals surface area contributed by atoms with Gasteiger partial charge in [-0.05, 0) is 67.5 Å². The summed E-state index contributed by atoms with van der Waals surface area (Å²) in [5.74, 6) is -0.338. The predicted molar refractivity (Wildman–Crippen MR) is 100.0 cm³/mol. The van der Waals surface area contributed by atoms with Crippen molar-refractivity contribution in [1.29, 1.82) is 0 Å². The van der Waals surface area contributed by atoms with Crippen LogP contribution in [0, 0.1) is 13.8 Å². The van der Waals surface area contributed by atoms with Gasteiger partial charge in [-0.2, -0.15) is 0 Å². The first-order valence-electron chi connectivity index (χ1n) is 7.67. The molecular formula is C19H16N2O3S. The number of carbonyl (C=O) groups excluding carboxylic acids is 2. The summed E-state index contributed by atoms with van der Waals surface area (Å²) in [4.78, 5) is 26.4. The zero-order valence-electron chi connectivity index (χ0n) is 13.8. The van der Waals surface area contributed by atoms with Gasteiger partial charge in [0.2, 0.25) is 0 Å². The van der Waals surface area contributed by atoms with Gasteiger partial charge in [0.15, 0.2) is 5.11 Å². The van der Waals surface area contributed by atoms with E-state index in [1.165, 1.54) is 11.0 Å². The minimum Gasteiger partial charge on any atom is -0.465 e. The molecule has 2 aromatic rings. The van der Waals surface area contributed by atoms with E-state index in [1.54, 1.807) is 36.6 Å². The Hall–Kier alpha value is -2.99. The van der Waals surface area contributed by atoms with Gasteiger partial charge in [-0.25, -0.2) is 0 Å². The Morgan fingerprint density at radius 2 is 1.96 bits per heavy atom. The van der Waals surface area contributed by atoms with Gasteiger partial charge in [-0.1, -0.05) is 18.2 Å². The third-order valence-corrected chi connectivity index (χ3v) is 4.27. The van der Waals surface area contributed by atoms with Crippen molar-refractivity contribution >= 4 is 40.9 Å². The molecule has 0 bridgehead atoms. The Morgan fingerprint density at radius 3 is 2.68 bits per heavy atom. The van der Waals surface area contributed by atoms with Gasteiger partial charge >= 0.3 is 0 Å². The lowest BCUT2D eigenvalue weighted by atomic mass is 10.1. The van der Waals surface area contributed by atoms with Gasteiger partial charge in [-0.15, -0.1) is 0 Å². The molecule has 0 aliphatic carbocycles. The molecule has 1 N–H and O–H groups in total. The summed E-state index contributed by atoms with van der Waals surface area (Å²) in [5.41, 5.74) is 2.64. The number of rotatable bonds is 3. The monoisotopic (exact) mass is 352 g/mol. The fourth-order valence-corrected chi connectivity index (χ4v) is 2.77. The number of anilines is 1. The number of furan rings is 1. The van der Waals surface area contributed by atoms with Crippen LogP contribution in [-0.4, -0.2) is 16.9 Å². The van der Waals surface area contributed by atoms with Crippen molar-refractivity contribution in [3.8, 4) is 0 Å². The summed E-state index contributed by atoms with van der Waals surface area (Å²) >= 11 is 5.21. The molecule has 1 aromatic heterocycles. The normalized spacial score (nSPS) is 16.8. The highest BCUT2D eigenvalue weighted by Gasteiger charge is 2.34. The molecular weight excluding hydrogens is 336 g/mol. The Morgan fingerprint density at radius 1 is 1.16 bits per heavy atom. The molecule has 0 spiro atoms. The summed E-state index contributed by atoms with van der Waals surface area (Å²) < 4.78 is 5.18. The number of hydrogen-bond donors (Lipinski definition) is 1. The van der Waals surface area contributed by atoms with Crippen LogP contribution in [-0.2, 0) is 9.59 Å². The van der Waals surface area contributed by atoms with Crippen molar-refractivity contribution in [1.82, 2.24) is 5.32 Å². The molecule has 2 amide bonds. The van der Waals surface area contributed by atoms with E-state index in [2.05, 4.69) is 5.32 Å². The lowest BCUT2D eigenvalue weighted by Gasteiger charge is -2.30. The lowest BCUT2D eigenvalue weighted by molar-refractivity contribution is -0.122. The summed E-state index contributed by atoms with van der Waals surface area (Å²) in [5, 5.41) is 2.65. The average molecular weight is 352 g/mol. The highest BCUT2D eigenvalue weighted by atomic mass is 32.1. The zero-order chi connectivity index (χ0) is 18.0. The number of aryl methyl sites for hydroxylation is 1. The third kappa shape index (κ3) is 3.29. The Balaban J connectivity index is 1.95. The van der Waals surface area contributed by atoms with Crippen molar-refractivity contribution in [2.75, 3.05) is 4.90 Å². The minimum absolute atomic E-state index is 0.0114. The van der Waals surface area contributed by atoms with Crippen LogP contribution >= 0.6 is 12.2 Å². The van der Waals surface area contributed by atoms with Crippen LogP contribution in [0.15, 0.2) is 58.7 Å². The Labute approximate surface area is 150 Å². The molecule has 0 saturated carbocycles. The Bertz CT molecular complexity index is 911. The number of allylic oxidation sites excluding steroid dienone is 2. The molecule has 0 unspecified atom stereocenters. The second-order valence-corrected chi connectivity index (χ2v) is 5.96. The van der Waals surface area contributed by atoms with Crippen molar-refractivity contribution < 1.29 is 14.0 Å². The minimum atomic E-state index is -0.513. The van der Waals surface area contributed by atoms with E-state index in [-0.39, 0.29) is 10.7 Å². The van der Waals surface area contributed by atoms with Gasteiger partial charge in [0.1, 0.15) is 11.3 Å². The van der Waals surface area contributed by atoms with Crippen molar-refractivity contribution in [2.24, 2.45) is 0 Å². The molecule has 1 fully saturated rings. The fraction of sp³-hybridized carbons (Fsp3) is 0.105. The highest BCUT2D eigenvalue weighted by molar-refractivity contribution is 7.80. The van der Waals surface area contributed by atoms with Crippen LogP contribution in [0.4, 0.5) is 5.69 Å². The maximum Gasteiger partial charge on any atom is 0.270 e. The third-order valence-electron chi connectivity index (χ3n) is 3.99. The number of nitrogens with one attached hydrogen (secondary N) is 1. The van der Waals surface area contributed by atoms with Crippen molar-refractivity contribution in [3.63, 3.8) is 0 Å². The highest BCUT2D eigenvalue weighted by Crippen LogP contribution is 2.26. The van der Waals surface area contributed by atoms with E-state index in [4.69, 9.17) is 16.6 Å². The van der Waals surface area contributed by atoms with E-state index in [0.717, 1.165) is 11.1 Å². The molecule has 126 valence electrons. The topological polar surface area (TPSA) is 62.6 Å². The van der Waals surface area contributed by atoms with Crippen LogP contribution in [0.2, 0.25) is 0 Å². The molecule has 25 heavy (non-hydrogen) atoms. The van der Waals surface area contributed by atoms with Crippen LogP contribution in [0.3, 0.4) is 0 Å². The van der Waals surface area contributed by atoms with Gasteiger partial charge in [0, 0.05) is 0 Å². The molecule has 0 atom stereocenters. The predicted octanol–water partition coefficient (Wildman–Crippen LogP) is 3.28. The van der Waals surface area contributed by atoms with Crippen LogP contribution in [0.1, 0.15) is 16.9 Å². The standard InChI is InChI=1S/C19H16N2O3S/c1-12-6-3-10-16(13(12)2)21-18(23)15(17(22)20-19(21)25)9-4-7-14-8-5-11-24-14/h3-11H,1-2H3,(H,20,22,25)/b7-4+,15-9+. The second-order valence-electron chi connectivity index (χ2n) is 5.57. The first-order valence-corrected chi connectivity index (χ1v) is 8.07. The second kappa shape index (κ2) is 6.86. The summed E-state index contributed by atoms with van der Waals surface area (Å²) in [7, 11) is 0. The number of amides is 2. The van der Waals surface area contributed by atoms with Gasteiger partial charge in [-0.3, -0.25) is 19.8 Å². The molecule has 5 nitrogen and oxygen atoms in total. The number of thiocarbonyl (C=S) groups is 1. The van der Waals surface area contributed by atoms with Crippen molar-refractivity contribution in [2.45, 2.75) is 13.8 Å². The van der Waals surface area contributed by atoms with Gasteiger partial charge < -0.3 is 4.42 Å². The Kier molecular flexibility index (Phi) is 4.63. The van der Waals surface area contributed by atoms with E-state index in [9.17, 15) is 9.59 Å². The SMILES string of the molecule is Cc1cccc(N2C(=O)/C(=C/C=C/c3ccco3)C(=O)NC2=S)c1C. The number of benzene rings is 1. The maximum absolute atomic E-state index is 12.9. The molecule has 1 aromatic carbocycles. The quantitative estimate of drug-likeness (QED) is 0.523. The van der Waals surface area contributed by atoms with Gasteiger partial charge in [0.25, 0.3) is 11.8 Å². The van der Waals surface area contributed by atoms with Gasteiger partial charge in [0.05, 0.1) is 12.0 Å². The zero-order valence-corrected chi connectivity index (χ0v) is 14.6. The number of nitrogens with zero attached hydrogens (tertiary/aromatic N) is 1. The first kappa shape index (κ1) is 16.9. The summed E-state index contributed by atoms with van der Waals surface area (Å²) in [6.45, 7) is 3.87. The van der Waals surface area contributed by atoms with E-state index < -0.39 is 11.8 Å². The van der Waals surface area contributed by atoms with Crippen LogP contribution in [0.5, 0.6) is 0 Å². The van der Waals surface area contributed by atoms with E-state index >= 15 is 0 Å². The van der Waals surface area contributed by atoms with Crippen molar-refractivity contribution in [3.05, 3.63) is 71.2 Å². The molecule has 1 saturated heterocycles. The summed E-state index contributed by atoms with van der Waals surface area (Å²) in [6, 6.07) is 9.14. The smallest absolute Gasteiger partial charge is 0.270 e. The lowest BCUT2D eigenvalue weighted by Crippen LogP contribution is -2.54. The molecule has 1 aliphatic rings. The maximum atomic E-state index is 12.9. The molecule has 2 heterocycles. The largest absolute Gasteiger partial charge is 0.465 e. The fourth-order valence-electron chi connectivity index (χ4n) is 2.50. The molecule has 3 rings (SSSR count). The first-order chi connectivity index (χ1) is 12.0. The van der Waals surface area contributed by atoms with Crippen LogP contribution in [0.25, 0.3) is 6.08 Å². The van der Waals surface area contributed by atoms with E-state index in [1.807, 2.05) is 26.0 Å². The number of hydrogen-bond acceptors (Lipinski definition) is 4.